The number of aliphatic hydroxyl groups excluding tert-OH is 1. The molecule has 0 spiro atoms. The van der Waals surface area contributed by atoms with Crippen LogP contribution in [0.25, 0.3) is 0 Å². The maximum absolute atomic E-state index is 13.0. The molecule has 13 heavy (non-hydrogen) atoms. The molecule has 1 N–H and O–H groups in total. The van der Waals surface area contributed by atoms with Gasteiger partial charge in [-0.05, 0) is 0 Å². The van der Waals surface area contributed by atoms with Gasteiger partial charge in [0.05, 0.1) is 25.8 Å². The van der Waals surface area contributed by atoms with Crippen LogP contribution in [0, 0.1) is 11.3 Å². The van der Waals surface area contributed by atoms with Crippen molar-refractivity contribution in [2.45, 2.75) is 5.67 Å². The van der Waals surface area contributed by atoms with Crippen molar-refractivity contribution in [2.24, 2.45) is 0 Å². The minimum Gasteiger partial charge on any atom is -0.393 e. The van der Waals surface area contributed by atoms with Crippen molar-refractivity contribution >= 4 is 10.0 Å². The van der Waals surface area contributed by atoms with Crippen molar-refractivity contribution in [1.82, 2.24) is 4.31 Å². The maximum Gasteiger partial charge on any atom is 0.227 e. The van der Waals surface area contributed by atoms with Crippen LogP contribution in [0.2, 0.25) is 0 Å². The number of alkyl halides is 1. The second-order valence-corrected chi connectivity index (χ2v) is 4.96. The quantitative estimate of drug-likeness (QED) is 0.635. The van der Waals surface area contributed by atoms with Gasteiger partial charge in [-0.25, -0.2) is 12.8 Å². The molecule has 1 fully saturated rings. The second-order valence-electron chi connectivity index (χ2n) is 2.99. The molecule has 1 saturated heterocycles. The number of rotatable bonds is 3. The SMILES string of the molecule is N#CCS(=O)(=O)N1CC(F)(CO)C1. The summed E-state index contributed by atoms with van der Waals surface area (Å²) < 4.78 is 36.0. The van der Waals surface area contributed by atoms with Crippen molar-refractivity contribution in [3.05, 3.63) is 0 Å². The van der Waals surface area contributed by atoms with Gasteiger partial charge in [0.2, 0.25) is 10.0 Å². The predicted octanol–water partition coefficient (Wildman–Crippen LogP) is -1.14. The van der Waals surface area contributed by atoms with Gasteiger partial charge >= 0.3 is 0 Å². The van der Waals surface area contributed by atoms with Crippen molar-refractivity contribution in [3.8, 4) is 6.07 Å². The highest BCUT2D eigenvalue weighted by Gasteiger charge is 2.48. The van der Waals surface area contributed by atoms with Gasteiger partial charge in [-0.2, -0.15) is 9.57 Å². The van der Waals surface area contributed by atoms with E-state index >= 15 is 0 Å². The number of nitrogens with zero attached hydrogens (tertiary/aromatic N) is 2. The van der Waals surface area contributed by atoms with Crippen LogP contribution in [-0.4, -0.2) is 48.9 Å². The van der Waals surface area contributed by atoms with E-state index in [1.807, 2.05) is 0 Å². The summed E-state index contributed by atoms with van der Waals surface area (Å²) >= 11 is 0. The summed E-state index contributed by atoms with van der Waals surface area (Å²) in [7, 11) is -3.63. The zero-order chi connectivity index (χ0) is 10.1. The van der Waals surface area contributed by atoms with E-state index < -0.39 is 28.1 Å². The summed E-state index contributed by atoms with van der Waals surface area (Å²) in [5, 5.41) is 16.7. The molecule has 7 heteroatoms. The van der Waals surface area contributed by atoms with E-state index in [0.29, 0.717) is 0 Å². The second kappa shape index (κ2) is 3.21. The maximum atomic E-state index is 13.0. The largest absolute Gasteiger partial charge is 0.393 e. The van der Waals surface area contributed by atoms with Crippen LogP contribution in [0.1, 0.15) is 0 Å². The third-order valence-electron chi connectivity index (χ3n) is 1.84. The zero-order valence-corrected chi connectivity index (χ0v) is 7.59. The van der Waals surface area contributed by atoms with E-state index in [4.69, 9.17) is 10.4 Å². The third kappa shape index (κ3) is 1.96. The molecule has 0 aromatic carbocycles. The van der Waals surface area contributed by atoms with E-state index in [1.165, 1.54) is 6.07 Å². The standard InChI is InChI=1S/C6H9FN2O3S/c7-6(5-10)3-9(4-6)13(11,12)2-1-8/h10H,2-5H2. The Kier molecular flexibility index (Phi) is 2.56. The summed E-state index contributed by atoms with van der Waals surface area (Å²) in [4.78, 5) is 0. The summed E-state index contributed by atoms with van der Waals surface area (Å²) in [6.07, 6.45) is 0. The fourth-order valence-electron chi connectivity index (χ4n) is 1.06. The Hall–Kier alpha value is -0.710. The fourth-order valence-corrected chi connectivity index (χ4v) is 2.26. The van der Waals surface area contributed by atoms with Crippen molar-refractivity contribution in [2.75, 3.05) is 25.4 Å². The Morgan fingerprint density at radius 2 is 2.15 bits per heavy atom. The molecule has 1 rings (SSSR count). The van der Waals surface area contributed by atoms with E-state index in [9.17, 15) is 12.8 Å². The summed E-state index contributed by atoms with van der Waals surface area (Å²) in [5.74, 6) is -0.644. The molecule has 0 amide bonds. The topological polar surface area (TPSA) is 81.4 Å². The average molecular weight is 208 g/mol. The highest BCUT2D eigenvalue weighted by Crippen LogP contribution is 2.27. The molecule has 0 aliphatic carbocycles. The lowest BCUT2D eigenvalue weighted by atomic mass is 10.0. The lowest BCUT2D eigenvalue weighted by Crippen LogP contribution is -2.62. The summed E-state index contributed by atoms with van der Waals surface area (Å²) in [6.45, 7) is -1.40. The molecule has 1 aliphatic rings. The Balaban J connectivity index is 2.58. The van der Waals surface area contributed by atoms with E-state index in [2.05, 4.69) is 0 Å². The number of halogens is 1. The van der Waals surface area contributed by atoms with E-state index in [1.54, 1.807) is 0 Å². The number of hydrogen-bond donors (Lipinski definition) is 1. The zero-order valence-electron chi connectivity index (χ0n) is 6.77. The molecule has 1 aliphatic heterocycles. The number of hydrogen-bond acceptors (Lipinski definition) is 4. The van der Waals surface area contributed by atoms with Gasteiger partial charge in [0, 0.05) is 0 Å². The Bertz CT molecular complexity index is 328. The minimum absolute atomic E-state index is 0.354. The highest BCUT2D eigenvalue weighted by atomic mass is 32.2. The van der Waals surface area contributed by atoms with Crippen LogP contribution in [-0.2, 0) is 10.0 Å². The van der Waals surface area contributed by atoms with Crippen LogP contribution in [0.4, 0.5) is 4.39 Å². The van der Waals surface area contributed by atoms with Crippen LogP contribution in [0.3, 0.4) is 0 Å². The first kappa shape index (κ1) is 10.4. The van der Waals surface area contributed by atoms with Gasteiger partial charge in [0.15, 0.2) is 11.4 Å². The molecule has 0 bridgehead atoms. The van der Waals surface area contributed by atoms with Gasteiger partial charge < -0.3 is 5.11 Å². The van der Waals surface area contributed by atoms with Crippen LogP contribution < -0.4 is 0 Å². The van der Waals surface area contributed by atoms with E-state index in [-0.39, 0.29) is 13.1 Å². The van der Waals surface area contributed by atoms with Gasteiger partial charge in [0.1, 0.15) is 0 Å². The molecule has 0 radical (unpaired) electrons. The Morgan fingerprint density at radius 3 is 2.54 bits per heavy atom. The molecule has 74 valence electrons. The fraction of sp³-hybridized carbons (Fsp3) is 0.833. The molecular formula is C6H9FN2O3S. The van der Waals surface area contributed by atoms with Crippen LogP contribution in [0.5, 0.6) is 0 Å². The van der Waals surface area contributed by atoms with Crippen LogP contribution >= 0.6 is 0 Å². The van der Waals surface area contributed by atoms with Crippen LogP contribution in [0.15, 0.2) is 0 Å². The third-order valence-corrected chi connectivity index (χ3v) is 3.38. The molecule has 5 nitrogen and oxygen atoms in total. The Morgan fingerprint density at radius 1 is 1.62 bits per heavy atom. The van der Waals surface area contributed by atoms with Crippen molar-refractivity contribution < 1.29 is 17.9 Å². The molecule has 0 aromatic heterocycles. The Labute approximate surface area is 75.4 Å². The van der Waals surface area contributed by atoms with Gasteiger partial charge in [-0.1, -0.05) is 0 Å². The molecular weight excluding hydrogens is 199 g/mol. The van der Waals surface area contributed by atoms with Gasteiger partial charge in [-0.3, -0.25) is 0 Å². The first-order valence-corrected chi connectivity index (χ1v) is 5.19. The number of sulfonamides is 1. The predicted molar refractivity (Wildman–Crippen MR) is 41.9 cm³/mol. The first-order chi connectivity index (χ1) is 5.93. The smallest absolute Gasteiger partial charge is 0.227 e. The molecule has 0 saturated carbocycles. The van der Waals surface area contributed by atoms with Crippen molar-refractivity contribution in [1.29, 1.82) is 5.26 Å². The van der Waals surface area contributed by atoms with E-state index in [0.717, 1.165) is 4.31 Å². The first-order valence-electron chi connectivity index (χ1n) is 3.58. The lowest BCUT2D eigenvalue weighted by molar-refractivity contribution is -0.0254. The monoisotopic (exact) mass is 208 g/mol. The van der Waals surface area contributed by atoms with Crippen molar-refractivity contribution in [3.63, 3.8) is 0 Å². The average Bonchev–Trinajstić information content (AvgIpc) is 1.98. The molecule has 0 aromatic rings. The summed E-state index contributed by atoms with van der Waals surface area (Å²) in [6, 6.07) is 1.49. The minimum atomic E-state index is -3.63. The normalized spacial score (nSPS) is 21.9. The highest BCUT2D eigenvalue weighted by molar-refractivity contribution is 7.89. The molecule has 0 atom stereocenters. The number of aliphatic hydroxyl groups is 1. The molecule has 1 heterocycles. The van der Waals surface area contributed by atoms with Gasteiger partial charge in [0.25, 0.3) is 0 Å². The lowest BCUT2D eigenvalue weighted by Gasteiger charge is -2.41. The van der Waals surface area contributed by atoms with Gasteiger partial charge in [-0.15, -0.1) is 0 Å². The summed E-state index contributed by atoms with van der Waals surface area (Å²) in [5.41, 5.74) is -1.82. The number of nitriles is 1. The molecule has 0 unspecified atom stereocenters.